The highest BCUT2D eigenvalue weighted by molar-refractivity contribution is 6.08. The summed E-state index contributed by atoms with van der Waals surface area (Å²) < 4.78 is 6.88. The molecule has 1 saturated carbocycles. The first-order chi connectivity index (χ1) is 14.8. The van der Waals surface area contributed by atoms with Crippen molar-refractivity contribution in [1.29, 1.82) is 0 Å². The quantitative estimate of drug-likeness (QED) is 0.562. The minimum Gasteiger partial charge on any atom is -0.454 e. The highest BCUT2D eigenvalue weighted by atomic mass is 16.5. The maximum atomic E-state index is 12.8. The first-order valence-corrected chi connectivity index (χ1v) is 10.5. The Morgan fingerprint density at radius 3 is 2.68 bits per heavy atom. The van der Waals surface area contributed by atoms with E-state index in [4.69, 9.17) is 4.74 Å². The first kappa shape index (κ1) is 20.9. The number of para-hydroxylation sites is 1. The van der Waals surface area contributed by atoms with Gasteiger partial charge in [0.05, 0.1) is 0 Å². The molecule has 0 radical (unpaired) electrons. The summed E-state index contributed by atoms with van der Waals surface area (Å²) in [6.45, 7) is 3.37. The molecule has 2 heterocycles. The van der Waals surface area contributed by atoms with Crippen molar-refractivity contribution < 1.29 is 23.9 Å². The number of carbonyl (C=O) groups excluding carboxylic acids is 4. The van der Waals surface area contributed by atoms with Crippen LogP contribution in [0.3, 0.4) is 0 Å². The van der Waals surface area contributed by atoms with E-state index in [1.165, 1.54) is 0 Å². The number of carbonyl (C=O) groups is 4. The largest absolute Gasteiger partial charge is 0.454 e. The summed E-state index contributed by atoms with van der Waals surface area (Å²) in [4.78, 5) is 49.5. The number of hydrogen-bond acceptors (Lipinski definition) is 5. The van der Waals surface area contributed by atoms with Crippen molar-refractivity contribution in [2.24, 2.45) is 5.92 Å². The molecule has 1 spiro atoms. The Balaban J connectivity index is 1.32. The van der Waals surface area contributed by atoms with Crippen LogP contribution < -0.4 is 10.7 Å². The van der Waals surface area contributed by atoms with Gasteiger partial charge in [-0.15, -0.1) is 0 Å². The Bertz CT molecular complexity index is 1050. The lowest BCUT2D eigenvalue weighted by atomic mass is 9.77. The molecule has 4 rings (SSSR count). The Morgan fingerprint density at radius 2 is 1.94 bits per heavy atom. The van der Waals surface area contributed by atoms with Crippen LogP contribution in [0.4, 0.5) is 4.79 Å². The van der Waals surface area contributed by atoms with Crippen LogP contribution in [0.2, 0.25) is 0 Å². The van der Waals surface area contributed by atoms with E-state index in [-0.39, 0.29) is 6.54 Å². The molecule has 9 heteroatoms. The number of hydrogen-bond donors (Lipinski definition) is 2. The molecule has 2 aliphatic rings. The normalized spacial score (nSPS) is 23.3. The molecular formula is C22H26N4O5. The Morgan fingerprint density at radius 1 is 1.23 bits per heavy atom. The SMILES string of the molecule is Cc1cc2ccccc2n1CC(=O)OCC(=O)NN1C(=O)NC2(CCC(C)CC2)C1=O. The standard InChI is InChI=1S/C22H26N4O5/c1-14-7-9-22(10-8-14)20(29)26(21(30)23-22)24-18(27)13-31-19(28)12-25-15(2)11-16-5-3-4-6-17(16)25/h3-6,11,14H,7-10,12-13H2,1-2H3,(H,23,30)(H,24,27). The lowest BCUT2D eigenvalue weighted by Crippen LogP contribution is -2.52. The molecular weight excluding hydrogens is 400 g/mol. The zero-order chi connectivity index (χ0) is 22.2. The van der Waals surface area contributed by atoms with Gasteiger partial charge < -0.3 is 14.6 Å². The number of amides is 4. The minimum absolute atomic E-state index is 0.0446. The maximum absolute atomic E-state index is 12.8. The van der Waals surface area contributed by atoms with Crippen LogP contribution in [-0.4, -0.2) is 45.5 Å². The molecule has 1 saturated heterocycles. The van der Waals surface area contributed by atoms with E-state index in [0.29, 0.717) is 23.8 Å². The van der Waals surface area contributed by atoms with Crippen molar-refractivity contribution in [3.8, 4) is 0 Å². The minimum atomic E-state index is -0.944. The highest BCUT2D eigenvalue weighted by Crippen LogP contribution is 2.35. The number of nitrogens with one attached hydrogen (secondary N) is 2. The van der Waals surface area contributed by atoms with E-state index >= 15 is 0 Å². The summed E-state index contributed by atoms with van der Waals surface area (Å²) in [5.74, 6) is -1.29. The van der Waals surface area contributed by atoms with Crippen molar-refractivity contribution in [1.82, 2.24) is 20.3 Å². The molecule has 9 nitrogen and oxygen atoms in total. The molecule has 1 aliphatic heterocycles. The summed E-state index contributed by atoms with van der Waals surface area (Å²) >= 11 is 0. The zero-order valence-corrected chi connectivity index (χ0v) is 17.6. The van der Waals surface area contributed by atoms with E-state index < -0.39 is 36.0 Å². The lowest BCUT2D eigenvalue weighted by molar-refractivity contribution is -0.151. The molecule has 31 heavy (non-hydrogen) atoms. The average molecular weight is 426 g/mol. The maximum Gasteiger partial charge on any atom is 0.344 e. The van der Waals surface area contributed by atoms with Gasteiger partial charge in [-0.1, -0.05) is 25.1 Å². The van der Waals surface area contributed by atoms with Crippen LogP contribution >= 0.6 is 0 Å². The summed E-state index contributed by atoms with van der Waals surface area (Å²) in [5.41, 5.74) is 3.11. The third-order valence-corrected chi connectivity index (χ3v) is 6.20. The monoisotopic (exact) mass is 426 g/mol. The molecule has 2 aromatic rings. The second kappa shape index (κ2) is 8.05. The predicted octanol–water partition coefficient (Wildman–Crippen LogP) is 2.02. The summed E-state index contributed by atoms with van der Waals surface area (Å²) in [6.07, 6.45) is 2.76. The Hall–Kier alpha value is -3.36. The zero-order valence-electron chi connectivity index (χ0n) is 17.6. The Labute approximate surface area is 179 Å². The van der Waals surface area contributed by atoms with E-state index in [1.54, 1.807) is 4.57 Å². The average Bonchev–Trinajstić information content (AvgIpc) is 3.17. The molecule has 1 aliphatic carbocycles. The summed E-state index contributed by atoms with van der Waals surface area (Å²) in [7, 11) is 0. The van der Waals surface area contributed by atoms with Gasteiger partial charge in [0.25, 0.3) is 11.8 Å². The fraction of sp³-hybridized carbons (Fsp3) is 0.455. The number of aryl methyl sites for hydroxylation is 1. The van der Waals surface area contributed by atoms with Crippen LogP contribution in [-0.2, 0) is 25.7 Å². The number of aromatic nitrogens is 1. The number of imide groups is 1. The van der Waals surface area contributed by atoms with Crippen molar-refractivity contribution in [3.63, 3.8) is 0 Å². The van der Waals surface area contributed by atoms with Gasteiger partial charge in [0.2, 0.25) is 0 Å². The number of benzene rings is 1. The summed E-state index contributed by atoms with van der Waals surface area (Å²) in [5, 5.41) is 4.44. The molecule has 2 fully saturated rings. The molecule has 1 aromatic heterocycles. The van der Waals surface area contributed by atoms with Crippen molar-refractivity contribution >= 4 is 34.7 Å². The second-order valence-corrected chi connectivity index (χ2v) is 8.46. The highest BCUT2D eigenvalue weighted by Gasteiger charge is 2.52. The van der Waals surface area contributed by atoms with Crippen LogP contribution in [0.5, 0.6) is 0 Å². The van der Waals surface area contributed by atoms with Crippen molar-refractivity contribution in [2.75, 3.05) is 6.61 Å². The van der Waals surface area contributed by atoms with Gasteiger partial charge in [-0.2, -0.15) is 5.01 Å². The predicted molar refractivity (Wildman–Crippen MR) is 112 cm³/mol. The fourth-order valence-corrected chi connectivity index (χ4v) is 4.35. The number of rotatable bonds is 5. The van der Waals surface area contributed by atoms with Gasteiger partial charge in [-0.05, 0) is 56.0 Å². The van der Waals surface area contributed by atoms with Gasteiger partial charge in [0.15, 0.2) is 6.61 Å². The van der Waals surface area contributed by atoms with Crippen LogP contribution in [0.1, 0.15) is 38.3 Å². The molecule has 0 atom stereocenters. The van der Waals surface area contributed by atoms with Gasteiger partial charge in [-0.3, -0.25) is 19.8 Å². The van der Waals surface area contributed by atoms with E-state index in [0.717, 1.165) is 29.4 Å². The van der Waals surface area contributed by atoms with Gasteiger partial charge in [0.1, 0.15) is 12.1 Å². The number of fused-ring (bicyclic) bond motifs is 1. The molecule has 0 bridgehead atoms. The first-order valence-electron chi connectivity index (χ1n) is 10.5. The van der Waals surface area contributed by atoms with Gasteiger partial charge in [-0.25, -0.2) is 4.79 Å². The van der Waals surface area contributed by atoms with E-state index in [2.05, 4.69) is 17.7 Å². The molecule has 0 unspecified atom stereocenters. The topological polar surface area (TPSA) is 110 Å². The smallest absolute Gasteiger partial charge is 0.344 e. The Kier molecular flexibility index (Phi) is 5.43. The number of ether oxygens (including phenoxy) is 1. The fourth-order valence-electron chi connectivity index (χ4n) is 4.35. The second-order valence-electron chi connectivity index (χ2n) is 8.46. The number of esters is 1. The molecule has 4 amide bonds. The number of nitrogens with zero attached hydrogens (tertiary/aromatic N) is 2. The third kappa shape index (κ3) is 3.99. The van der Waals surface area contributed by atoms with Gasteiger partial charge >= 0.3 is 12.0 Å². The molecule has 164 valence electrons. The van der Waals surface area contributed by atoms with Crippen LogP contribution in [0.15, 0.2) is 30.3 Å². The summed E-state index contributed by atoms with van der Waals surface area (Å²) in [6, 6.07) is 8.97. The van der Waals surface area contributed by atoms with E-state index in [1.807, 2.05) is 37.3 Å². The van der Waals surface area contributed by atoms with Gasteiger partial charge in [0, 0.05) is 11.2 Å². The van der Waals surface area contributed by atoms with Crippen molar-refractivity contribution in [3.05, 3.63) is 36.0 Å². The number of hydrazine groups is 1. The van der Waals surface area contributed by atoms with Crippen LogP contribution in [0, 0.1) is 12.8 Å². The molecule has 2 N–H and O–H groups in total. The van der Waals surface area contributed by atoms with Crippen LogP contribution in [0.25, 0.3) is 10.9 Å². The molecule has 1 aromatic carbocycles. The van der Waals surface area contributed by atoms with E-state index in [9.17, 15) is 19.2 Å². The van der Waals surface area contributed by atoms with Crippen molar-refractivity contribution in [2.45, 2.75) is 51.6 Å². The lowest BCUT2D eigenvalue weighted by Gasteiger charge is -2.33. The number of urea groups is 1. The third-order valence-electron chi connectivity index (χ3n) is 6.20.